The minimum absolute atomic E-state index is 0.445. The molecule has 2 aliphatic rings. The number of likely N-dealkylation sites (N-methyl/N-ethyl adjacent to an activating group) is 1. The molecular weight excluding hydrogens is 436 g/mol. The summed E-state index contributed by atoms with van der Waals surface area (Å²) in [5.74, 6) is 0.752. The molecule has 0 spiro atoms. The third-order valence-corrected chi connectivity index (χ3v) is 6.54. The quantitative estimate of drug-likeness (QED) is 0.515. The minimum Gasteiger partial charge on any atom is -0.420 e. The summed E-state index contributed by atoms with van der Waals surface area (Å²) in [5.41, 5.74) is 1.33. The lowest BCUT2D eigenvalue weighted by molar-refractivity contribution is 0.0400. The van der Waals surface area contributed by atoms with Gasteiger partial charge < -0.3 is 19.3 Å². The number of aryl methyl sites for hydroxylation is 1. The number of carbonyl (C=O) groups is 2. The van der Waals surface area contributed by atoms with Gasteiger partial charge in [-0.2, -0.15) is 0 Å². The van der Waals surface area contributed by atoms with E-state index in [0.717, 1.165) is 58.5 Å². The molecule has 1 aromatic heterocycles. The summed E-state index contributed by atoms with van der Waals surface area (Å²) >= 11 is 2.52. The predicted octanol–water partition coefficient (Wildman–Crippen LogP) is 2.73. The first-order valence-corrected chi connectivity index (χ1v) is 11.9. The Labute approximate surface area is 188 Å². The number of fused-ring (bicyclic) bond motifs is 2. The molecule has 2 aromatic rings. The van der Waals surface area contributed by atoms with Gasteiger partial charge in [0.15, 0.2) is 0 Å². The summed E-state index contributed by atoms with van der Waals surface area (Å²) in [6.45, 7) is 4.90. The topological polar surface area (TPSA) is 74.7 Å². The fourth-order valence-electron chi connectivity index (χ4n) is 3.60. The Morgan fingerprint density at radius 3 is 2.65 bits per heavy atom. The van der Waals surface area contributed by atoms with E-state index in [1.165, 1.54) is 0 Å². The summed E-state index contributed by atoms with van der Waals surface area (Å²) in [6, 6.07) is 9.57. The first-order valence-electron chi connectivity index (χ1n) is 9.87. The van der Waals surface area contributed by atoms with Crippen molar-refractivity contribution in [2.45, 2.75) is 6.92 Å². The second-order valence-electron chi connectivity index (χ2n) is 7.25. The van der Waals surface area contributed by atoms with Crippen LogP contribution in [0.2, 0.25) is 0 Å². The molecule has 0 atom stereocenters. The molecule has 0 bridgehead atoms. The van der Waals surface area contributed by atoms with Crippen LogP contribution in [0.25, 0.3) is 5.82 Å². The number of hydrogen-bond acceptors (Lipinski definition) is 9. The van der Waals surface area contributed by atoms with Crippen LogP contribution < -0.4 is 14.8 Å². The number of carbonyl (C=O) groups excluding carboxylic acids is 2. The summed E-state index contributed by atoms with van der Waals surface area (Å²) in [7, 11) is 2.09. The Hall–Kier alpha value is -2.56. The number of amides is 1. The lowest BCUT2D eigenvalue weighted by atomic mass is 10.2. The number of nitrogens with zero attached hydrogens (tertiary/aromatic N) is 4. The highest BCUT2D eigenvalue weighted by Gasteiger charge is 2.32. The molecule has 0 aliphatic carbocycles. The lowest BCUT2D eigenvalue weighted by Gasteiger charge is -2.38. The van der Waals surface area contributed by atoms with Gasteiger partial charge in [-0.05, 0) is 50.2 Å². The molecule has 2 aliphatic heterocycles. The van der Waals surface area contributed by atoms with E-state index >= 15 is 0 Å². The highest BCUT2D eigenvalue weighted by molar-refractivity contribution is 8.12. The summed E-state index contributed by atoms with van der Waals surface area (Å²) < 4.78 is 11.2. The summed E-state index contributed by atoms with van der Waals surface area (Å²) in [6.07, 6.45) is 0.998. The van der Waals surface area contributed by atoms with Crippen molar-refractivity contribution in [3.63, 3.8) is 0 Å². The normalized spacial score (nSPS) is 16.2. The number of rotatable bonds is 3. The molecule has 164 valence electrons. The Kier molecular flexibility index (Phi) is 6.49. The molecule has 3 heterocycles. The third-order valence-electron chi connectivity index (χ3n) is 5.14. The standard InChI is InChI=1S/C21H24N4O4S2/c1-14-12-15-18(31-14)22-16-6-4-5-7-17(16)25(20(26)28-13-29-21(27)30-3)19(15)24-10-8-23(2)9-11-24/h4-7,12H,8-11,13H2,1-3H3. The molecular formula is C21H24N4O4S2. The van der Waals surface area contributed by atoms with Crippen LogP contribution in [0.5, 0.6) is 0 Å². The molecule has 0 unspecified atom stereocenters. The van der Waals surface area contributed by atoms with Crippen LogP contribution >= 0.6 is 23.1 Å². The maximum Gasteiger partial charge on any atom is 0.423 e. The van der Waals surface area contributed by atoms with Gasteiger partial charge in [-0.1, -0.05) is 12.1 Å². The molecule has 4 rings (SSSR count). The Morgan fingerprint density at radius 1 is 1.16 bits per heavy atom. The second kappa shape index (κ2) is 9.29. The average molecular weight is 461 g/mol. The largest absolute Gasteiger partial charge is 0.423 e. The molecule has 1 amide bonds. The van der Waals surface area contributed by atoms with Crippen LogP contribution in [0.4, 0.5) is 21.0 Å². The second-order valence-corrected chi connectivity index (χ2v) is 9.23. The predicted molar refractivity (Wildman–Crippen MR) is 122 cm³/mol. The van der Waals surface area contributed by atoms with Gasteiger partial charge in [-0.15, -0.1) is 11.3 Å². The van der Waals surface area contributed by atoms with Crippen molar-refractivity contribution in [3.05, 3.63) is 45.1 Å². The van der Waals surface area contributed by atoms with Gasteiger partial charge in [0.05, 0.1) is 16.6 Å². The van der Waals surface area contributed by atoms with Crippen LogP contribution in [0, 0.1) is 6.92 Å². The number of benzene rings is 1. The number of thiophene rings is 1. The zero-order valence-corrected chi connectivity index (χ0v) is 19.3. The van der Waals surface area contributed by atoms with Gasteiger partial charge in [0.2, 0.25) is 6.79 Å². The first-order chi connectivity index (χ1) is 15.0. The SMILES string of the molecule is CSC(=O)OCOC(=O)N1C(N2CCN(C)CC2)=c2cc(C)sc2=Nc2ccccc21. The lowest BCUT2D eigenvalue weighted by Crippen LogP contribution is -2.51. The highest BCUT2D eigenvalue weighted by atomic mass is 32.2. The smallest absolute Gasteiger partial charge is 0.420 e. The zero-order chi connectivity index (χ0) is 22.0. The zero-order valence-electron chi connectivity index (χ0n) is 17.7. The van der Waals surface area contributed by atoms with E-state index < -0.39 is 18.2 Å². The molecule has 10 heteroatoms. The van der Waals surface area contributed by atoms with Crippen molar-refractivity contribution in [1.82, 2.24) is 9.80 Å². The van der Waals surface area contributed by atoms with Crippen LogP contribution in [0.1, 0.15) is 4.88 Å². The first kappa shape index (κ1) is 21.7. The number of para-hydroxylation sites is 2. The molecule has 1 aromatic carbocycles. The van der Waals surface area contributed by atoms with Crippen molar-refractivity contribution in [3.8, 4) is 0 Å². The highest BCUT2D eigenvalue weighted by Crippen LogP contribution is 2.34. The van der Waals surface area contributed by atoms with E-state index in [9.17, 15) is 9.59 Å². The van der Waals surface area contributed by atoms with Crippen LogP contribution in [0.3, 0.4) is 0 Å². The van der Waals surface area contributed by atoms with Gasteiger partial charge in [-0.25, -0.2) is 19.5 Å². The molecule has 1 fully saturated rings. The maximum absolute atomic E-state index is 13.3. The van der Waals surface area contributed by atoms with Crippen molar-refractivity contribution < 1.29 is 19.1 Å². The van der Waals surface area contributed by atoms with Gasteiger partial charge in [0, 0.05) is 31.1 Å². The van der Waals surface area contributed by atoms with Gasteiger partial charge in [-0.3, -0.25) is 0 Å². The van der Waals surface area contributed by atoms with Gasteiger partial charge >= 0.3 is 11.4 Å². The van der Waals surface area contributed by atoms with E-state index in [4.69, 9.17) is 14.5 Å². The van der Waals surface area contributed by atoms with Crippen LogP contribution in [0.15, 0.2) is 35.3 Å². The number of hydrogen-bond donors (Lipinski definition) is 0. The van der Waals surface area contributed by atoms with Crippen molar-refractivity contribution >= 4 is 51.7 Å². The Morgan fingerprint density at radius 2 is 1.90 bits per heavy atom. The summed E-state index contributed by atoms with van der Waals surface area (Å²) in [5, 5.41) is 0.402. The fourth-order valence-corrected chi connectivity index (χ4v) is 4.66. The minimum atomic E-state index is -0.609. The average Bonchev–Trinajstić information content (AvgIpc) is 3.06. The molecule has 0 N–H and O–H groups in total. The summed E-state index contributed by atoms with van der Waals surface area (Å²) in [4.78, 5) is 36.8. The Balaban J connectivity index is 1.81. The van der Waals surface area contributed by atoms with Crippen molar-refractivity contribution in [2.75, 3.05) is 51.2 Å². The van der Waals surface area contributed by atoms with E-state index in [1.807, 2.05) is 31.2 Å². The van der Waals surface area contributed by atoms with Crippen molar-refractivity contribution in [2.24, 2.45) is 4.99 Å². The number of ether oxygens (including phenoxy) is 2. The number of anilines is 1. The number of piperazine rings is 1. The van der Waals surface area contributed by atoms with Crippen molar-refractivity contribution in [1.29, 1.82) is 0 Å². The molecule has 1 saturated heterocycles. The molecule has 8 nitrogen and oxygen atoms in total. The van der Waals surface area contributed by atoms with E-state index in [2.05, 4.69) is 22.9 Å². The van der Waals surface area contributed by atoms with E-state index in [1.54, 1.807) is 22.5 Å². The van der Waals surface area contributed by atoms with E-state index in [-0.39, 0.29) is 0 Å². The molecule has 31 heavy (non-hydrogen) atoms. The Bertz CT molecular complexity index is 1110. The fraction of sp³-hybridized carbons (Fsp3) is 0.381. The van der Waals surface area contributed by atoms with Crippen LogP contribution in [-0.2, 0) is 9.47 Å². The van der Waals surface area contributed by atoms with Crippen LogP contribution in [-0.4, -0.2) is 67.5 Å². The molecule has 0 radical (unpaired) electrons. The maximum atomic E-state index is 13.3. The number of thioether (sulfide) groups is 1. The third kappa shape index (κ3) is 4.56. The van der Waals surface area contributed by atoms with Gasteiger partial charge in [0.25, 0.3) is 0 Å². The van der Waals surface area contributed by atoms with Gasteiger partial charge in [0.1, 0.15) is 10.5 Å². The van der Waals surface area contributed by atoms with E-state index in [0.29, 0.717) is 11.4 Å². The monoisotopic (exact) mass is 460 g/mol. The molecule has 0 saturated carbocycles.